The first kappa shape index (κ1) is 16.1. The van der Waals surface area contributed by atoms with Crippen molar-refractivity contribution in [1.82, 2.24) is 15.1 Å². The molecule has 21 heavy (non-hydrogen) atoms. The predicted molar refractivity (Wildman–Crippen MR) is 80.2 cm³/mol. The second kappa shape index (κ2) is 7.64. The van der Waals surface area contributed by atoms with Crippen molar-refractivity contribution in [2.45, 2.75) is 45.1 Å². The van der Waals surface area contributed by atoms with Crippen molar-refractivity contribution < 1.29 is 14.7 Å². The topological polar surface area (TPSA) is 72.9 Å². The fraction of sp³-hybridized carbons (Fsp3) is 0.867. The van der Waals surface area contributed by atoms with Gasteiger partial charge < -0.3 is 20.2 Å². The van der Waals surface area contributed by atoms with Crippen LogP contribution in [-0.2, 0) is 4.79 Å². The fourth-order valence-electron chi connectivity index (χ4n) is 3.42. The summed E-state index contributed by atoms with van der Waals surface area (Å²) in [6.07, 6.45) is 3.89. The van der Waals surface area contributed by atoms with Crippen LogP contribution < -0.4 is 5.32 Å². The van der Waals surface area contributed by atoms with Gasteiger partial charge in [-0.25, -0.2) is 4.79 Å². The standard InChI is InChI=1S/C15H27N3O3/c1-2-18(13-3-7-16-8-4-13)15(21)17-9-5-12(6-10-17)11-14(19)20/h12-13,16H,2-11H2,1H3,(H,19,20). The lowest BCUT2D eigenvalue weighted by molar-refractivity contribution is -0.138. The zero-order valence-electron chi connectivity index (χ0n) is 12.9. The Morgan fingerprint density at radius 2 is 1.81 bits per heavy atom. The minimum Gasteiger partial charge on any atom is -0.481 e. The van der Waals surface area contributed by atoms with E-state index >= 15 is 0 Å². The summed E-state index contributed by atoms with van der Waals surface area (Å²) in [5.41, 5.74) is 0. The normalized spacial score (nSPS) is 21.3. The van der Waals surface area contributed by atoms with Crippen LogP contribution >= 0.6 is 0 Å². The number of likely N-dealkylation sites (tertiary alicyclic amines) is 1. The Hall–Kier alpha value is -1.30. The van der Waals surface area contributed by atoms with Gasteiger partial charge in [-0.15, -0.1) is 0 Å². The molecule has 0 spiro atoms. The third-order valence-electron chi connectivity index (χ3n) is 4.68. The highest BCUT2D eigenvalue weighted by Gasteiger charge is 2.30. The lowest BCUT2D eigenvalue weighted by Crippen LogP contribution is -2.52. The number of aliphatic carboxylic acids is 1. The maximum atomic E-state index is 12.7. The summed E-state index contributed by atoms with van der Waals surface area (Å²) in [4.78, 5) is 27.3. The van der Waals surface area contributed by atoms with Crippen LogP contribution in [0, 0.1) is 5.92 Å². The number of hydrogen-bond acceptors (Lipinski definition) is 3. The summed E-state index contributed by atoms with van der Waals surface area (Å²) in [6.45, 7) is 6.14. The third-order valence-corrected chi connectivity index (χ3v) is 4.68. The van der Waals surface area contributed by atoms with Crippen LogP contribution in [0.3, 0.4) is 0 Å². The first-order valence-corrected chi connectivity index (χ1v) is 8.09. The van der Waals surface area contributed by atoms with Gasteiger partial charge in [-0.2, -0.15) is 0 Å². The number of nitrogens with zero attached hydrogens (tertiary/aromatic N) is 2. The van der Waals surface area contributed by atoms with Gasteiger partial charge in [0.25, 0.3) is 0 Å². The van der Waals surface area contributed by atoms with Gasteiger partial charge in [0.15, 0.2) is 0 Å². The Balaban J connectivity index is 1.85. The third kappa shape index (κ3) is 4.33. The zero-order valence-corrected chi connectivity index (χ0v) is 12.9. The molecular formula is C15H27N3O3. The quantitative estimate of drug-likeness (QED) is 0.822. The van der Waals surface area contributed by atoms with E-state index in [1.165, 1.54) is 0 Å². The lowest BCUT2D eigenvalue weighted by Gasteiger charge is -2.39. The van der Waals surface area contributed by atoms with Crippen LogP contribution in [0.5, 0.6) is 0 Å². The summed E-state index contributed by atoms with van der Waals surface area (Å²) < 4.78 is 0. The van der Waals surface area contributed by atoms with E-state index in [-0.39, 0.29) is 18.4 Å². The average Bonchev–Trinajstić information content (AvgIpc) is 2.49. The maximum Gasteiger partial charge on any atom is 0.320 e. The van der Waals surface area contributed by atoms with Crippen LogP contribution in [0.25, 0.3) is 0 Å². The summed E-state index contributed by atoms with van der Waals surface area (Å²) in [5.74, 6) is -0.509. The molecule has 0 radical (unpaired) electrons. The van der Waals surface area contributed by atoms with Crippen LogP contribution in [-0.4, -0.2) is 65.7 Å². The predicted octanol–water partition coefficient (Wildman–Crippen LogP) is 1.37. The summed E-state index contributed by atoms with van der Waals surface area (Å²) >= 11 is 0. The van der Waals surface area contributed by atoms with Gasteiger partial charge >= 0.3 is 12.0 Å². The van der Waals surface area contributed by atoms with E-state index in [9.17, 15) is 9.59 Å². The molecule has 2 aliphatic rings. The van der Waals surface area contributed by atoms with Crippen molar-refractivity contribution in [3.05, 3.63) is 0 Å². The Kier molecular flexibility index (Phi) is 5.85. The minimum absolute atomic E-state index is 0.137. The number of piperidine rings is 2. The maximum absolute atomic E-state index is 12.7. The molecule has 0 aliphatic carbocycles. The Labute approximate surface area is 126 Å². The number of amides is 2. The number of carbonyl (C=O) groups is 2. The largest absolute Gasteiger partial charge is 0.481 e. The van der Waals surface area contributed by atoms with Crippen LogP contribution in [0.15, 0.2) is 0 Å². The number of nitrogens with one attached hydrogen (secondary N) is 1. The highest BCUT2D eigenvalue weighted by molar-refractivity contribution is 5.75. The summed E-state index contributed by atoms with van der Waals surface area (Å²) in [6, 6.07) is 0.485. The van der Waals surface area contributed by atoms with Crippen molar-refractivity contribution in [3.63, 3.8) is 0 Å². The average molecular weight is 297 g/mol. The zero-order chi connectivity index (χ0) is 15.2. The van der Waals surface area contributed by atoms with Crippen molar-refractivity contribution in [2.24, 2.45) is 5.92 Å². The van der Waals surface area contributed by atoms with Gasteiger partial charge in [0.1, 0.15) is 0 Å². The molecule has 2 saturated heterocycles. The first-order chi connectivity index (χ1) is 10.1. The second-order valence-electron chi connectivity index (χ2n) is 6.08. The van der Waals surface area contributed by atoms with E-state index < -0.39 is 5.97 Å². The molecule has 6 nitrogen and oxygen atoms in total. The number of hydrogen-bond donors (Lipinski definition) is 2. The number of carbonyl (C=O) groups excluding carboxylic acids is 1. The molecule has 0 aromatic heterocycles. The monoisotopic (exact) mass is 297 g/mol. The molecule has 6 heteroatoms. The van der Waals surface area contributed by atoms with E-state index in [2.05, 4.69) is 5.32 Å². The van der Waals surface area contributed by atoms with E-state index in [0.29, 0.717) is 19.1 Å². The number of carboxylic acids is 1. The van der Waals surface area contributed by atoms with Crippen molar-refractivity contribution >= 4 is 12.0 Å². The molecule has 0 bridgehead atoms. The van der Waals surface area contributed by atoms with Gasteiger partial charge in [0.2, 0.25) is 0 Å². The fourth-order valence-corrected chi connectivity index (χ4v) is 3.42. The molecule has 2 aliphatic heterocycles. The van der Waals surface area contributed by atoms with E-state index in [4.69, 9.17) is 5.11 Å². The van der Waals surface area contributed by atoms with Gasteiger partial charge in [-0.1, -0.05) is 0 Å². The number of urea groups is 1. The molecule has 0 saturated carbocycles. The molecule has 0 atom stereocenters. The molecule has 2 heterocycles. The van der Waals surface area contributed by atoms with Crippen LogP contribution in [0.2, 0.25) is 0 Å². The highest BCUT2D eigenvalue weighted by atomic mass is 16.4. The van der Waals surface area contributed by atoms with E-state index in [1.54, 1.807) is 0 Å². The molecule has 0 unspecified atom stereocenters. The Morgan fingerprint density at radius 1 is 1.19 bits per heavy atom. The Morgan fingerprint density at radius 3 is 2.33 bits per heavy atom. The van der Waals surface area contributed by atoms with Gasteiger partial charge in [-0.05, 0) is 51.6 Å². The molecule has 120 valence electrons. The molecule has 2 fully saturated rings. The molecule has 0 aromatic carbocycles. The molecule has 2 rings (SSSR count). The SMILES string of the molecule is CCN(C(=O)N1CCC(CC(=O)O)CC1)C1CCNCC1. The van der Waals surface area contributed by atoms with E-state index in [0.717, 1.165) is 45.3 Å². The summed E-state index contributed by atoms with van der Waals surface area (Å²) in [7, 11) is 0. The van der Waals surface area contributed by atoms with Crippen molar-refractivity contribution in [1.29, 1.82) is 0 Å². The first-order valence-electron chi connectivity index (χ1n) is 8.09. The highest BCUT2D eigenvalue weighted by Crippen LogP contribution is 2.22. The smallest absolute Gasteiger partial charge is 0.320 e. The van der Waals surface area contributed by atoms with Crippen LogP contribution in [0.1, 0.15) is 39.0 Å². The van der Waals surface area contributed by atoms with E-state index in [1.807, 2.05) is 16.7 Å². The van der Waals surface area contributed by atoms with Crippen molar-refractivity contribution in [3.8, 4) is 0 Å². The van der Waals surface area contributed by atoms with Gasteiger partial charge in [0.05, 0.1) is 0 Å². The second-order valence-corrected chi connectivity index (χ2v) is 6.08. The Bertz CT molecular complexity index is 361. The number of rotatable bonds is 4. The lowest BCUT2D eigenvalue weighted by atomic mass is 9.94. The van der Waals surface area contributed by atoms with Gasteiger partial charge in [-0.3, -0.25) is 4.79 Å². The van der Waals surface area contributed by atoms with Crippen molar-refractivity contribution in [2.75, 3.05) is 32.7 Å². The molecular weight excluding hydrogens is 270 g/mol. The van der Waals surface area contributed by atoms with Gasteiger partial charge in [0, 0.05) is 32.1 Å². The molecule has 0 aromatic rings. The molecule has 2 amide bonds. The van der Waals surface area contributed by atoms with Crippen LogP contribution in [0.4, 0.5) is 4.79 Å². The number of carboxylic acid groups (broad SMARTS) is 1. The molecule has 2 N–H and O–H groups in total. The summed E-state index contributed by atoms with van der Waals surface area (Å²) in [5, 5.41) is 12.2. The minimum atomic E-state index is -0.732.